The number of carbonyl (C=O) groups excluding carboxylic acids is 1. The van der Waals surface area contributed by atoms with Crippen molar-refractivity contribution in [1.29, 1.82) is 0 Å². The van der Waals surface area contributed by atoms with Crippen LogP contribution in [-0.4, -0.2) is 18.6 Å². The Bertz CT molecular complexity index is 635. The lowest BCUT2D eigenvalue weighted by molar-refractivity contribution is 0.0950. The molecule has 0 saturated carbocycles. The summed E-state index contributed by atoms with van der Waals surface area (Å²) >= 11 is 0. The molecule has 0 aliphatic heterocycles. The molecule has 4 nitrogen and oxygen atoms in total. The molecule has 0 atom stereocenters. The second-order valence-corrected chi connectivity index (χ2v) is 5.45. The summed E-state index contributed by atoms with van der Waals surface area (Å²) in [6, 6.07) is 14.9. The molecular weight excluding hydrogens is 290 g/mol. The monoisotopic (exact) mass is 313 g/mol. The third-order valence-corrected chi connectivity index (χ3v) is 3.15. The van der Waals surface area contributed by atoms with Crippen molar-refractivity contribution in [2.75, 3.05) is 6.61 Å². The van der Waals surface area contributed by atoms with Crippen LogP contribution in [0, 0.1) is 0 Å². The first-order valence-corrected chi connectivity index (χ1v) is 7.85. The van der Waals surface area contributed by atoms with Gasteiger partial charge in [-0.1, -0.05) is 12.1 Å². The molecule has 0 aliphatic carbocycles. The topological polar surface area (TPSA) is 47.6 Å². The molecule has 0 heterocycles. The molecule has 0 fully saturated rings. The fourth-order valence-electron chi connectivity index (χ4n) is 2.15. The van der Waals surface area contributed by atoms with Crippen LogP contribution in [0.3, 0.4) is 0 Å². The third kappa shape index (κ3) is 5.33. The van der Waals surface area contributed by atoms with Crippen molar-refractivity contribution in [2.45, 2.75) is 33.4 Å². The van der Waals surface area contributed by atoms with E-state index < -0.39 is 0 Å². The van der Waals surface area contributed by atoms with Gasteiger partial charge in [0.2, 0.25) is 0 Å². The summed E-state index contributed by atoms with van der Waals surface area (Å²) in [6.45, 7) is 6.97. The summed E-state index contributed by atoms with van der Waals surface area (Å²) in [6.07, 6.45) is 0.128. The molecule has 4 heteroatoms. The van der Waals surface area contributed by atoms with E-state index in [0.717, 1.165) is 17.1 Å². The fourth-order valence-corrected chi connectivity index (χ4v) is 2.15. The molecule has 2 rings (SSSR count). The molecule has 122 valence electrons. The van der Waals surface area contributed by atoms with Crippen molar-refractivity contribution in [3.8, 4) is 11.5 Å². The third-order valence-electron chi connectivity index (χ3n) is 3.15. The number of ether oxygens (including phenoxy) is 2. The number of carbonyl (C=O) groups is 1. The van der Waals surface area contributed by atoms with E-state index in [4.69, 9.17) is 9.47 Å². The van der Waals surface area contributed by atoms with E-state index in [2.05, 4.69) is 5.32 Å². The zero-order valence-electron chi connectivity index (χ0n) is 13.8. The van der Waals surface area contributed by atoms with Crippen molar-refractivity contribution in [3.63, 3.8) is 0 Å². The molecular formula is C19H23NO3. The van der Waals surface area contributed by atoms with Gasteiger partial charge in [0, 0.05) is 12.1 Å². The molecule has 1 amide bonds. The molecule has 1 N–H and O–H groups in total. The summed E-state index contributed by atoms with van der Waals surface area (Å²) in [4.78, 5) is 12.2. The highest BCUT2D eigenvalue weighted by Gasteiger charge is 2.06. The summed E-state index contributed by atoms with van der Waals surface area (Å²) in [7, 11) is 0. The SMILES string of the molecule is CCOc1ccc(C(=O)NCc2cccc(OC(C)C)c2)cc1. The van der Waals surface area contributed by atoms with E-state index in [1.807, 2.05) is 45.0 Å². The second kappa shape index (κ2) is 8.22. The maximum atomic E-state index is 12.2. The van der Waals surface area contributed by atoms with Crippen LogP contribution in [0.15, 0.2) is 48.5 Å². The molecule has 0 unspecified atom stereocenters. The zero-order valence-corrected chi connectivity index (χ0v) is 13.8. The average molecular weight is 313 g/mol. The first-order valence-electron chi connectivity index (χ1n) is 7.85. The number of hydrogen-bond acceptors (Lipinski definition) is 3. The molecule has 0 bridgehead atoms. The van der Waals surface area contributed by atoms with E-state index >= 15 is 0 Å². The Morgan fingerprint density at radius 1 is 1.09 bits per heavy atom. The van der Waals surface area contributed by atoms with E-state index in [1.165, 1.54) is 0 Å². The Hall–Kier alpha value is -2.49. The minimum atomic E-state index is -0.108. The summed E-state index contributed by atoms with van der Waals surface area (Å²) in [5.74, 6) is 1.47. The number of nitrogens with one attached hydrogen (secondary N) is 1. The minimum absolute atomic E-state index is 0.108. The molecule has 2 aromatic carbocycles. The second-order valence-electron chi connectivity index (χ2n) is 5.45. The van der Waals surface area contributed by atoms with Gasteiger partial charge in [-0.3, -0.25) is 4.79 Å². The first kappa shape index (κ1) is 16.9. The van der Waals surface area contributed by atoms with Crippen LogP contribution in [0.5, 0.6) is 11.5 Å². The van der Waals surface area contributed by atoms with Gasteiger partial charge in [0.05, 0.1) is 12.7 Å². The van der Waals surface area contributed by atoms with Gasteiger partial charge in [-0.2, -0.15) is 0 Å². The Kier molecular flexibility index (Phi) is 6.03. The van der Waals surface area contributed by atoms with E-state index in [-0.39, 0.29) is 12.0 Å². The van der Waals surface area contributed by atoms with Crippen LogP contribution in [0.2, 0.25) is 0 Å². The quantitative estimate of drug-likeness (QED) is 0.845. The number of hydrogen-bond donors (Lipinski definition) is 1. The lowest BCUT2D eigenvalue weighted by Crippen LogP contribution is -2.22. The highest BCUT2D eigenvalue weighted by molar-refractivity contribution is 5.94. The van der Waals surface area contributed by atoms with Crippen molar-refractivity contribution < 1.29 is 14.3 Å². The molecule has 0 saturated heterocycles. The van der Waals surface area contributed by atoms with Crippen molar-refractivity contribution in [2.24, 2.45) is 0 Å². The predicted molar refractivity (Wildman–Crippen MR) is 91.0 cm³/mol. The van der Waals surface area contributed by atoms with Gasteiger partial charge in [-0.05, 0) is 62.7 Å². The van der Waals surface area contributed by atoms with Gasteiger partial charge in [-0.15, -0.1) is 0 Å². The standard InChI is InChI=1S/C19H23NO3/c1-4-22-17-10-8-16(9-11-17)19(21)20-13-15-6-5-7-18(12-15)23-14(2)3/h5-12,14H,4,13H2,1-3H3,(H,20,21). The van der Waals surface area contributed by atoms with Crippen molar-refractivity contribution >= 4 is 5.91 Å². The number of amides is 1. The van der Waals surface area contributed by atoms with Gasteiger partial charge >= 0.3 is 0 Å². The smallest absolute Gasteiger partial charge is 0.251 e. The molecule has 2 aromatic rings. The normalized spacial score (nSPS) is 10.4. The van der Waals surface area contributed by atoms with Crippen molar-refractivity contribution in [1.82, 2.24) is 5.32 Å². The highest BCUT2D eigenvalue weighted by Crippen LogP contribution is 2.15. The maximum Gasteiger partial charge on any atom is 0.251 e. The Morgan fingerprint density at radius 2 is 1.83 bits per heavy atom. The van der Waals surface area contributed by atoms with E-state index in [9.17, 15) is 4.79 Å². The van der Waals surface area contributed by atoms with Crippen LogP contribution in [-0.2, 0) is 6.54 Å². The first-order chi connectivity index (χ1) is 11.1. The summed E-state index contributed by atoms with van der Waals surface area (Å²) in [5, 5.41) is 2.91. The predicted octanol–water partition coefficient (Wildman–Crippen LogP) is 3.80. The van der Waals surface area contributed by atoms with Gasteiger partial charge in [-0.25, -0.2) is 0 Å². The highest BCUT2D eigenvalue weighted by atomic mass is 16.5. The van der Waals surface area contributed by atoms with E-state index in [1.54, 1.807) is 24.3 Å². The molecule has 23 heavy (non-hydrogen) atoms. The van der Waals surface area contributed by atoms with Crippen LogP contribution < -0.4 is 14.8 Å². The lowest BCUT2D eigenvalue weighted by Gasteiger charge is -2.11. The number of rotatable bonds is 7. The average Bonchev–Trinajstić information content (AvgIpc) is 2.53. The molecule has 0 radical (unpaired) electrons. The molecule has 0 aliphatic rings. The number of benzene rings is 2. The maximum absolute atomic E-state index is 12.2. The summed E-state index contributed by atoms with van der Waals surface area (Å²) in [5.41, 5.74) is 1.62. The van der Waals surface area contributed by atoms with Crippen molar-refractivity contribution in [3.05, 3.63) is 59.7 Å². The van der Waals surface area contributed by atoms with Crippen LogP contribution in [0.4, 0.5) is 0 Å². The Balaban J connectivity index is 1.93. The van der Waals surface area contributed by atoms with Crippen LogP contribution in [0.1, 0.15) is 36.7 Å². The molecule has 0 spiro atoms. The fraction of sp³-hybridized carbons (Fsp3) is 0.316. The Morgan fingerprint density at radius 3 is 2.48 bits per heavy atom. The minimum Gasteiger partial charge on any atom is -0.494 e. The zero-order chi connectivity index (χ0) is 16.7. The molecule has 0 aromatic heterocycles. The van der Waals surface area contributed by atoms with Gasteiger partial charge in [0.1, 0.15) is 11.5 Å². The van der Waals surface area contributed by atoms with Crippen LogP contribution >= 0.6 is 0 Å². The van der Waals surface area contributed by atoms with Gasteiger partial charge in [0.15, 0.2) is 0 Å². The van der Waals surface area contributed by atoms with E-state index in [0.29, 0.717) is 18.7 Å². The summed E-state index contributed by atoms with van der Waals surface area (Å²) < 4.78 is 11.0. The lowest BCUT2D eigenvalue weighted by atomic mass is 10.2. The Labute approximate surface area is 137 Å². The van der Waals surface area contributed by atoms with Gasteiger partial charge in [0.25, 0.3) is 5.91 Å². The largest absolute Gasteiger partial charge is 0.494 e. The van der Waals surface area contributed by atoms with Crippen LogP contribution in [0.25, 0.3) is 0 Å². The van der Waals surface area contributed by atoms with Gasteiger partial charge < -0.3 is 14.8 Å².